The van der Waals surface area contributed by atoms with Crippen LogP contribution in [0.2, 0.25) is 0 Å². The Morgan fingerprint density at radius 1 is 1.43 bits per heavy atom. The maximum absolute atomic E-state index is 13.5. The highest BCUT2D eigenvalue weighted by molar-refractivity contribution is 5.87. The fourth-order valence-electron chi connectivity index (χ4n) is 3.20. The molecule has 0 amide bonds. The lowest BCUT2D eigenvalue weighted by molar-refractivity contribution is 0.0692. The predicted molar refractivity (Wildman–Crippen MR) is 80.8 cm³/mol. The van der Waals surface area contributed by atoms with Crippen molar-refractivity contribution in [3.8, 4) is 0 Å². The van der Waals surface area contributed by atoms with E-state index in [1.165, 1.54) is 44.2 Å². The van der Waals surface area contributed by atoms with E-state index in [1.54, 1.807) is 6.07 Å². The minimum atomic E-state index is -1.22. The molecule has 2 N–H and O–H groups in total. The zero-order valence-corrected chi connectivity index (χ0v) is 12.6. The summed E-state index contributed by atoms with van der Waals surface area (Å²) in [4.78, 5) is 10.7. The van der Waals surface area contributed by atoms with Gasteiger partial charge in [-0.2, -0.15) is 0 Å². The number of carbonyl (C=O) groups is 1. The quantitative estimate of drug-likeness (QED) is 0.784. The van der Waals surface area contributed by atoms with Gasteiger partial charge in [0.05, 0.1) is 5.56 Å². The lowest BCUT2D eigenvalue weighted by Gasteiger charge is -2.26. The van der Waals surface area contributed by atoms with E-state index in [9.17, 15) is 9.18 Å². The number of carboxylic acid groups (broad SMARTS) is 1. The van der Waals surface area contributed by atoms with Crippen molar-refractivity contribution in [1.82, 2.24) is 5.32 Å². The maximum Gasteiger partial charge on any atom is 0.338 e. The highest BCUT2D eigenvalue weighted by Crippen LogP contribution is 2.30. The molecule has 2 unspecified atom stereocenters. The second-order valence-corrected chi connectivity index (χ2v) is 6.22. The number of rotatable bonds is 6. The monoisotopic (exact) mass is 293 g/mol. The zero-order chi connectivity index (χ0) is 15.2. The van der Waals surface area contributed by atoms with Crippen LogP contribution in [0.3, 0.4) is 0 Å². The number of aromatic carboxylic acids is 1. The standard InChI is InChI=1S/C17H24FNO2/c1-12-3-2-4-13(9-12)7-8-19-11-14-5-6-15(17(20)21)16(18)10-14/h5-6,10,12-13,19H,2-4,7-9,11H2,1H3,(H,20,21). The number of carboxylic acids is 1. The van der Waals surface area contributed by atoms with Crippen LogP contribution in [0.4, 0.5) is 4.39 Å². The van der Waals surface area contributed by atoms with E-state index in [1.807, 2.05) is 0 Å². The van der Waals surface area contributed by atoms with Gasteiger partial charge in [-0.3, -0.25) is 0 Å². The van der Waals surface area contributed by atoms with E-state index in [4.69, 9.17) is 5.11 Å². The SMILES string of the molecule is CC1CCCC(CCNCc2ccc(C(=O)O)c(F)c2)C1. The summed E-state index contributed by atoms with van der Waals surface area (Å²) in [5, 5.41) is 12.1. The lowest BCUT2D eigenvalue weighted by Crippen LogP contribution is -2.21. The molecule has 0 aliphatic heterocycles. The number of hydrogen-bond donors (Lipinski definition) is 2. The Morgan fingerprint density at radius 3 is 2.90 bits per heavy atom. The molecule has 1 saturated carbocycles. The summed E-state index contributed by atoms with van der Waals surface area (Å²) in [6.45, 7) is 3.84. The molecule has 1 aromatic carbocycles. The fraction of sp³-hybridized carbons (Fsp3) is 0.588. The lowest BCUT2D eigenvalue weighted by atomic mass is 9.81. The summed E-state index contributed by atoms with van der Waals surface area (Å²) in [5.41, 5.74) is 0.518. The first-order chi connectivity index (χ1) is 10.1. The van der Waals surface area contributed by atoms with E-state index >= 15 is 0 Å². The van der Waals surface area contributed by atoms with Gasteiger partial charge in [0, 0.05) is 6.54 Å². The van der Waals surface area contributed by atoms with Gasteiger partial charge in [0.25, 0.3) is 0 Å². The van der Waals surface area contributed by atoms with Gasteiger partial charge in [0.15, 0.2) is 0 Å². The Labute approximate surface area is 125 Å². The Hall–Kier alpha value is -1.42. The van der Waals surface area contributed by atoms with Crippen molar-refractivity contribution in [2.45, 2.75) is 45.6 Å². The molecule has 4 heteroatoms. The molecule has 1 fully saturated rings. The minimum absolute atomic E-state index is 0.269. The van der Waals surface area contributed by atoms with Gasteiger partial charge >= 0.3 is 5.97 Å². The van der Waals surface area contributed by atoms with E-state index in [0.717, 1.165) is 23.9 Å². The molecule has 2 atom stereocenters. The van der Waals surface area contributed by atoms with Crippen molar-refractivity contribution in [1.29, 1.82) is 0 Å². The van der Waals surface area contributed by atoms with Crippen LogP contribution < -0.4 is 5.32 Å². The van der Waals surface area contributed by atoms with Crippen molar-refractivity contribution in [2.24, 2.45) is 11.8 Å². The largest absolute Gasteiger partial charge is 0.478 e. The van der Waals surface area contributed by atoms with E-state index in [2.05, 4.69) is 12.2 Å². The molecule has 3 nitrogen and oxygen atoms in total. The molecule has 0 bridgehead atoms. The predicted octanol–water partition coefficient (Wildman–Crippen LogP) is 3.83. The van der Waals surface area contributed by atoms with E-state index in [0.29, 0.717) is 6.54 Å². The highest BCUT2D eigenvalue weighted by Gasteiger charge is 2.18. The van der Waals surface area contributed by atoms with Gasteiger partial charge in [-0.15, -0.1) is 0 Å². The van der Waals surface area contributed by atoms with Gasteiger partial charge < -0.3 is 10.4 Å². The minimum Gasteiger partial charge on any atom is -0.478 e. The van der Waals surface area contributed by atoms with Crippen LogP contribution in [0.25, 0.3) is 0 Å². The molecule has 1 aliphatic carbocycles. The van der Waals surface area contributed by atoms with E-state index in [-0.39, 0.29) is 5.56 Å². The van der Waals surface area contributed by atoms with Crippen LogP contribution in [0.5, 0.6) is 0 Å². The Bertz CT molecular complexity index is 490. The highest BCUT2D eigenvalue weighted by atomic mass is 19.1. The van der Waals surface area contributed by atoms with Crippen molar-refractivity contribution in [3.63, 3.8) is 0 Å². The van der Waals surface area contributed by atoms with Crippen LogP contribution in [-0.2, 0) is 6.54 Å². The molecule has 0 spiro atoms. The first-order valence-electron chi connectivity index (χ1n) is 7.78. The summed E-state index contributed by atoms with van der Waals surface area (Å²) in [7, 11) is 0. The summed E-state index contributed by atoms with van der Waals surface area (Å²) in [6, 6.07) is 4.30. The molecular weight excluding hydrogens is 269 g/mol. The van der Waals surface area contributed by atoms with Crippen LogP contribution in [0.1, 0.15) is 54.9 Å². The third-order valence-electron chi connectivity index (χ3n) is 4.37. The smallest absolute Gasteiger partial charge is 0.338 e. The topological polar surface area (TPSA) is 49.3 Å². The zero-order valence-electron chi connectivity index (χ0n) is 12.6. The molecule has 0 aromatic heterocycles. The van der Waals surface area contributed by atoms with Gasteiger partial charge in [-0.05, 0) is 48.9 Å². The first kappa shape index (κ1) is 16.0. The average molecular weight is 293 g/mol. The number of nitrogens with one attached hydrogen (secondary N) is 1. The van der Waals surface area contributed by atoms with Gasteiger partial charge in [-0.25, -0.2) is 9.18 Å². The number of halogens is 1. The average Bonchev–Trinajstić information content (AvgIpc) is 2.43. The Kier molecular flexibility index (Phi) is 5.74. The van der Waals surface area contributed by atoms with Gasteiger partial charge in [0.2, 0.25) is 0 Å². The molecule has 0 heterocycles. The van der Waals surface area contributed by atoms with Crippen molar-refractivity contribution >= 4 is 5.97 Å². The summed E-state index contributed by atoms with van der Waals surface area (Å²) < 4.78 is 13.5. The molecule has 1 aromatic rings. The molecule has 21 heavy (non-hydrogen) atoms. The van der Waals surface area contributed by atoms with Crippen LogP contribution in [0.15, 0.2) is 18.2 Å². The molecule has 1 aliphatic rings. The molecule has 116 valence electrons. The first-order valence-corrected chi connectivity index (χ1v) is 7.78. The third-order valence-corrected chi connectivity index (χ3v) is 4.37. The molecule has 2 rings (SSSR count). The third kappa shape index (κ3) is 4.81. The molecule has 0 saturated heterocycles. The summed E-state index contributed by atoms with van der Waals surface area (Å²) in [6.07, 6.45) is 6.52. The summed E-state index contributed by atoms with van der Waals surface area (Å²) >= 11 is 0. The fourth-order valence-corrected chi connectivity index (χ4v) is 3.20. The normalized spacial score (nSPS) is 22.2. The van der Waals surface area contributed by atoms with Crippen LogP contribution >= 0.6 is 0 Å². The van der Waals surface area contributed by atoms with Crippen LogP contribution in [0, 0.1) is 17.7 Å². The van der Waals surface area contributed by atoms with Gasteiger partial charge in [-0.1, -0.05) is 32.3 Å². The van der Waals surface area contributed by atoms with Crippen molar-refractivity contribution < 1.29 is 14.3 Å². The van der Waals surface area contributed by atoms with Gasteiger partial charge in [0.1, 0.15) is 5.82 Å². The maximum atomic E-state index is 13.5. The molecular formula is C17H24FNO2. The second kappa shape index (κ2) is 7.55. The van der Waals surface area contributed by atoms with E-state index < -0.39 is 11.8 Å². The van der Waals surface area contributed by atoms with Crippen LogP contribution in [-0.4, -0.2) is 17.6 Å². The summed E-state index contributed by atoms with van der Waals surface area (Å²) in [5.74, 6) is -0.227. The number of hydrogen-bond acceptors (Lipinski definition) is 2. The molecule has 0 radical (unpaired) electrons. The van der Waals surface area contributed by atoms with Crippen molar-refractivity contribution in [2.75, 3.05) is 6.54 Å². The van der Waals surface area contributed by atoms with Crippen molar-refractivity contribution in [3.05, 3.63) is 35.1 Å². The second-order valence-electron chi connectivity index (χ2n) is 6.22. The number of benzene rings is 1. The Morgan fingerprint density at radius 2 is 2.24 bits per heavy atom. The Balaban J connectivity index is 1.73.